The second kappa shape index (κ2) is 9.05. The van der Waals surface area contributed by atoms with E-state index < -0.39 is 5.82 Å². The molecule has 0 amide bonds. The van der Waals surface area contributed by atoms with Crippen LogP contribution in [0.15, 0.2) is 55.0 Å². The SMILES string of the molecule is CCOc1cc(F)cc(N(CCOF)c2ccc3ncc(-c4cnn(C)c4)nc3c2)c1. The van der Waals surface area contributed by atoms with Gasteiger partial charge in [0.25, 0.3) is 0 Å². The summed E-state index contributed by atoms with van der Waals surface area (Å²) in [7, 11) is 1.83. The number of rotatable bonds is 8. The van der Waals surface area contributed by atoms with Crippen molar-refractivity contribution in [3.8, 4) is 17.0 Å². The molecule has 0 saturated heterocycles. The maximum atomic E-state index is 14.2. The number of halogens is 2. The molecule has 2 heterocycles. The van der Waals surface area contributed by atoms with Crippen molar-refractivity contribution in [3.05, 3.63) is 60.8 Å². The fourth-order valence-electron chi connectivity index (χ4n) is 3.35. The fraction of sp³-hybridized carbons (Fsp3) is 0.227. The van der Waals surface area contributed by atoms with Crippen LogP contribution in [-0.4, -0.2) is 39.5 Å². The first-order chi connectivity index (χ1) is 15.1. The normalized spacial score (nSPS) is 11.1. The smallest absolute Gasteiger partial charge is 0.128 e. The maximum absolute atomic E-state index is 14.2. The van der Waals surface area contributed by atoms with Crippen LogP contribution in [0.1, 0.15) is 6.92 Å². The summed E-state index contributed by atoms with van der Waals surface area (Å²) >= 11 is 0. The molecular weight excluding hydrogens is 404 g/mol. The lowest BCUT2D eigenvalue weighted by molar-refractivity contribution is -0.128. The molecule has 0 fully saturated rings. The molecule has 0 aliphatic carbocycles. The highest BCUT2D eigenvalue weighted by Crippen LogP contribution is 2.31. The molecule has 0 spiro atoms. The van der Waals surface area contributed by atoms with Crippen LogP contribution >= 0.6 is 0 Å². The van der Waals surface area contributed by atoms with Crippen LogP contribution in [0.25, 0.3) is 22.3 Å². The highest BCUT2D eigenvalue weighted by atomic mass is 19.3. The number of aromatic nitrogens is 4. The first-order valence-corrected chi connectivity index (χ1v) is 9.77. The molecule has 0 N–H and O–H groups in total. The van der Waals surface area contributed by atoms with Crippen LogP contribution in [0.2, 0.25) is 0 Å². The standard InChI is InChI=1S/C22H21F2N5O2/c1-3-30-19-9-16(23)8-18(10-19)29(6-7-31-24)17-4-5-20-21(11-17)27-22(13-25-20)15-12-26-28(2)14-15/h4-5,8-14H,3,6-7H2,1-2H3. The van der Waals surface area contributed by atoms with E-state index in [1.807, 2.05) is 38.4 Å². The molecule has 4 aromatic rings. The fourth-order valence-corrected chi connectivity index (χ4v) is 3.35. The van der Waals surface area contributed by atoms with Crippen LogP contribution in [0.3, 0.4) is 0 Å². The molecule has 0 aliphatic heterocycles. The zero-order valence-corrected chi connectivity index (χ0v) is 17.1. The number of ether oxygens (including phenoxy) is 1. The van der Waals surface area contributed by atoms with Crippen molar-refractivity contribution in [2.45, 2.75) is 6.92 Å². The largest absolute Gasteiger partial charge is 0.494 e. The lowest BCUT2D eigenvalue weighted by Crippen LogP contribution is -2.21. The molecular formula is C22H21F2N5O2. The first kappa shape index (κ1) is 20.7. The van der Waals surface area contributed by atoms with Crippen molar-refractivity contribution in [1.82, 2.24) is 19.7 Å². The van der Waals surface area contributed by atoms with E-state index in [9.17, 15) is 8.92 Å². The second-order valence-corrected chi connectivity index (χ2v) is 6.87. The molecule has 160 valence electrons. The molecule has 0 aliphatic rings. The Hall–Kier alpha value is -3.59. The summed E-state index contributed by atoms with van der Waals surface area (Å²) in [6, 6.07) is 9.84. The molecule has 2 aromatic carbocycles. The van der Waals surface area contributed by atoms with Crippen LogP contribution in [0.4, 0.5) is 20.3 Å². The van der Waals surface area contributed by atoms with Gasteiger partial charge in [-0.3, -0.25) is 9.67 Å². The summed E-state index contributed by atoms with van der Waals surface area (Å²) in [5, 5.41) is 4.17. The highest BCUT2D eigenvalue weighted by molar-refractivity contribution is 5.82. The molecule has 2 aromatic heterocycles. The molecule has 0 radical (unpaired) electrons. The Balaban J connectivity index is 1.76. The van der Waals surface area contributed by atoms with E-state index in [1.54, 1.807) is 28.0 Å². The number of nitrogens with zero attached hydrogens (tertiary/aromatic N) is 5. The highest BCUT2D eigenvalue weighted by Gasteiger charge is 2.14. The van der Waals surface area contributed by atoms with E-state index in [1.165, 1.54) is 12.1 Å². The molecule has 9 heteroatoms. The minimum Gasteiger partial charge on any atom is -0.494 e. The van der Waals surface area contributed by atoms with Gasteiger partial charge in [-0.15, -0.1) is 0 Å². The third-order valence-corrected chi connectivity index (χ3v) is 4.71. The third-order valence-electron chi connectivity index (χ3n) is 4.71. The number of fused-ring (bicyclic) bond motifs is 1. The monoisotopic (exact) mass is 425 g/mol. The van der Waals surface area contributed by atoms with Gasteiger partial charge in [0.15, 0.2) is 0 Å². The Labute approximate surface area is 177 Å². The predicted octanol–water partition coefficient (Wildman–Crippen LogP) is 4.61. The van der Waals surface area contributed by atoms with E-state index in [0.29, 0.717) is 40.5 Å². The molecule has 0 unspecified atom stereocenters. The van der Waals surface area contributed by atoms with Gasteiger partial charge in [-0.2, -0.15) is 10.0 Å². The first-order valence-electron chi connectivity index (χ1n) is 9.77. The lowest BCUT2D eigenvalue weighted by atomic mass is 10.2. The molecule has 4 rings (SSSR count). The van der Waals surface area contributed by atoms with Gasteiger partial charge in [0, 0.05) is 42.3 Å². The Kier molecular flexibility index (Phi) is 6.03. The van der Waals surface area contributed by atoms with Crippen molar-refractivity contribution in [2.75, 3.05) is 24.7 Å². The van der Waals surface area contributed by atoms with E-state index >= 15 is 0 Å². The Morgan fingerprint density at radius 3 is 2.68 bits per heavy atom. The van der Waals surface area contributed by atoms with Crippen molar-refractivity contribution in [2.24, 2.45) is 7.05 Å². The molecule has 0 atom stereocenters. The third kappa shape index (κ3) is 4.61. The summed E-state index contributed by atoms with van der Waals surface area (Å²) in [6.07, 6.45) is 5.26. The van der Waals surface area contributed by atoms with E-state index in [4.69, 9.17) is 9.72 Å². The van der Waals surface area contributed by atoms with E-state index in [0.717, 1.165) is 5.56 Å². The molecule has 0 saturated carbocycles. The van der Waals surface area contributed by atoms with Gasteiger partial charge in [0.1, 0.15) is 18.2 Å². The minimum atomic E-state index is -0.452. The van der Waals surface area contributed by atoms with Crippen LogP contribution in [0, 0.1) is 5.82 Å². The summed E-state index contributed by atoms with van der Waals surface area (Å²) in [4.78, 5) is 14.7. The van der Waals surface area contributed by atoms with Gasteiger partial charge in [-0.1, -0.05) is 0 Å². The lowest BCUT2D eigenvalue weighted by Gasteiger charge is -2.25. The zero-order chi connectivity index (χ0) is 21.8. The number of hydrogen-bond acceptors (Lipinski definition) is 6. The second-order valence-electron chi connectivity index (χ2n) is 6.87. The molecule has 0 bridgehead atoms. The van der Waals surface area contributed by atoms with Gasteiger partial charge >= 0.3 is 0 Å². The Morgan fingerprint density at radius 1 is 1.06 bits per heavy atom. The number of hydrogen-bond donors (Lipinski definition) is 0. The van der Waals surface area contributed by atoms with Gasteiger partial charge < -0.3 is 9.64 Å². The quantitative estimate of drug-likeness (QED) is 0.411. The van der Waals surface area contributed by atoms with Gasteiger partial charge in [-0.25, -0.2) is 9.37 Å². The van der Waals surface area contributed by atoms with E-state index in [-0.39, 0.29) is 13.2 Å². The summed E-state index contributed by atoms with van der Waals surface area (Å²) in [6.45, 7) is 2.19. The maximum Gasteiger partial charge on any atom is 0.128 e. The number of anilines is 2. The van der Waals surface area contributed by atoms with Crippen LogP contribution in [-0.2, 0) is 12.0 Å². The minimum absolute atomic E-state index is 0.159. The van der Waals surface area contributed by atoms with Crippen molar-refractivity contribution in [1.29, 1.82) is 0 Å². The van der Waals surface area contributed by atoms with Gasteiger partial charge in [0.05, 0.1) is 42.3 Å². The van der Waals surface area contributed by atoms with Crippen LogP contribution < -0.4 is 9.64 Å². The van der Waals surface area contributed by atoms with Crippen molar-refractivity contribution in [3.63, 3.8) is 0 Å². The Morgan fingerprint density at radius 2 is 1.94 bits per heavy atom. The summed E-state index contributed by atoms with van der Waals surface area (Å²) in [5.41, 5.74) is 4.07. The topological polar surface area (TPSA) is 65.3 Å². The zero-order valence-electron chi connectivity index (χ0n) is 17.1. The predicted molar refractivity (Wildman–Crippen MR) is 113 cm³/mol. The van der Waals surface area contributed by atoms with Gasteiger partial charge in [0.2, 0.25) is 0 Å². The number of aryl methyl sites for hydroxylation is 1. The summed E-state index contributed by atoms with van der Waals surface area (Å²) in [5.74, 6) is -0.0605. The number of benzene rings is 2. The van der Waals surface area contributed by atoms with Crippen molar-refractivity contribution >= 4 is 22.4 Å². The summed E-state index contributed by atoms with van der Waals surface area (Å²) < 4.78 is 33.9. The van der Waals surface area contributed by atoms with Crippen molar-refractivity contribution < 1.29 is 18.6 Å². The molecule has 7 nitrogen and oxygen atoms in total. The average Bonchev–Trinajstić information content (AvgIpc) is 3.20. The van der Waals surface area contributed by atoms with Gasteiger partial charge in [-0.05, 0) is 35.7 Å². The Bertz CT molecular complexity index is 1200. The van der Waals surface area contributed by atoms with Crippen LogP contribution in [0.5, 0.6) is 5.75 Å². The molecule has 31 heavy (non-hydrogen) atoms. The average molecular weight is 425 g/mol. The van der Waals surface area contributed by atoms with E-state index in [2.05, 4.69) is 15.0 Å².